The van der Waals surface area contributed by atoms with Crippen molar-refractivity contribution in [2.45, 2.75) is 52.0 Å². The second-order valence-electron chi connectivity index (χ2n) is 15.9. The van der Waals surface area contributed by atoms with Gasteiger partial charge in [0, 0.05) is 54.7 Å². The Morgan fingerprint density at radius 2 is 1.00 bits per heavy atom. The lowest BCUT2D eigenvalue weighted by Crippen LogP contribution is -2.27. The maximum Gasteiger partial charge on any atom is 0.204 e. The van der Waals surface area contributed by atoms with Crippen LogP contribution in [0, 0.1) is 11.6 Å². The van der Waals surface area contributed by atoms with E-state index in [4.69, 9.17) is 80.6 Å². The van der Waals surface area contributed by atoms with Gasteiger partial charge in [-0.15, -0.1) is 0 Å². The molecule has 0 saturated heterocycles. The minimum Gasteiger partial charge on any atom is -0.493 e. The van der Waals surface area contributed by atoms with Gasteiger partial charge in [0.25, 0.3) is 0 Å². The number of ether oxygens (including phenoxy) is 6. The Bertz CT molecular complexity index is 2720. The highest BCUT2D eigenvalue weighted by Gasteiger charge is 2.26. The number of methoxy groups -OCH3 is 4. The van der Waals surface area contributed by atoms with Gasteiger partial charge >= 0.3 is 0 Å². The Balaban J connectivity index is 0.000000256. The summed E-state index contributed by atoms with van der Waals surface area (Å²) in [7, 11) is 5.92. The molecule has 18 heteroatoms. The van der Waals surface area contributed by atoms with E-state index in [1.54, 1.807) is 48.5 Å². The van der Waals surface area contributed by atoms with Gasteiger partial charge in [0.1, 0.15) is 23.3 Å². The zero-order valence-electron chi connectivity index (χ0n) is 38.3. The zero-order valence-corrected chi connectivity index (χ0v) is 41.4. The predicted molar refractivity (Wildman–Crippen MR) is 263 cm³/mol. The van der Waals surface area contributed by atoms with E-state index in [0.717, 1.165) is 11.1 Å². The monoisotopic (exact) mass is 1010 g/mol. The van der Waals surface area contributed by atoms with E-state index in [9.17, 15) is 18.4 Å². The fourth-order valence-corrected chi connectivity index (χ4v) is 7.67. The number of nitrogen functional groups attached to an aromatic ring is 1. The van der Waals surface area contributed by atoms with E-state index in [1.807, 2.05) is 20.8 Å². The van der Waals surface area contributed by atoms with Gasteiger partial charge in [-0.25, -0.2) is 18.7 Å². The van der Waals surface area contributed by atoms with Gasteiger partial charge in [-0.2, -0.15) is 0 Å². The zero-order chi connectivity index (χ0) is 49.7. The first kappa shape index (κ1) is 52.9. The molecule has 6 aromatic rings. The van der Waals surface area contributed by atoms with Crippen LogP contribution in [0.15, 0.2) is 85.2 Å². The molecule has 0 amide bonds. The minimum absolute atomic E-state index is 0.0805. The molecule has 0 bridgehead atoms. The van der Waals surface area contributed by atoms with Gasteiger partial charge in [0.15, 0.2) is 34.6 Å². The number of hydrogen-bond acceptors (Lipinski definition) is 12. The van der Waals surface area contributed by atoms with Crippen LogP contribution in [0.4, 0.5) is 20.4 Å². The lowest BCUT2D eigenvalue weighted by molar-refractivity contribution is 0.0979. The number of pyridine rings is 2. The molecule has 3 N–H and O–H groups in total. The van der Waals surface area contributed by atoms with Crippen LogP contribution in [0.1, 0.15) is 63.7 Å². The summed E-state index contributed by atoms with van der Waals surface area (Å²) in [6.45, 7) is 6.38. The number of halogens is 6. The van der Waals surface area contributed by atoms with Gasteiger partial charge in [-0.1, -0.05) is 70.7 Å². The number of nitrogens with one attached hydrogen (secondary N) is 1. The molecule has 0 aliphatic rings. The molecule has 0 saturated carbocycles. The summed E-state index contributed by atoms with van der Waals surface area (Å²) in [5, 5.41) is 4.15. The molecule has 0 spiro atoms. The summed E-state index contributed by atoms with van der Waals surface area (Å²) in [6.07, 6.45) is 3.61. The number of Topliss-reactive ketones (excluding diaryl/α,β-unsaturated/α-hetero) is 2. The molecule has 0 radical (unpaired) electrons. The molecule has 0 aliphatic carbocycles. The third-order valence-electron chi connectivity index (χ3n) is 10.0. The molecular formula is C50H50Cl4F2N4O8. The molecule has 68 heavy (non-hydrogen) atoms. The van der Waals surface area contributed by atoms with Gasteiger partial charge in [0.05, 0.1) is 72.9 Å². The Hall–Kier alpha value is -6.06. The molecular weight excluding hydrogens is 964 g/mol. The molecule has 12 nitrogen and oxygen atoms in total. The van der Waals surface area contributed by atoms with Gasteiger partial charge < -0.3 is 39.5 Å². The Morgan fingerprint density at radius 1 is 0.588 bits per heavy atom. The van der Waals surface area contributed by atoms with E-state index < -0.39 is 0 Å². The predicted octanol–water partition coefficient (Wildman–Crippen LogP) is 12.0. The highest BCUT2D eigenvalue weighted by molar-refractivity contribution is 6.38. The highest BCUT2D eigenvalue weighted by atomic mass is 35.5. The first-order valence-corrected chi connectivity index (χ1v) is 22.4. The fourth-order valence-electron chi connectivity index (χ4n) is 6.67. The standard InChI is InChI=1S/C27H29Cl2FN2O4.C23H21Cl2FN2O4/c1-27(2,3)32-26-23(29)19(20(28)15-31-26)14-21(33)18-10-11-22(34-4)25(35-5)24(18)36-13-12-16-6-8-17(30)9-7-16;1-30-19-8-7-15(18(29)11-16-17(24)12-28-23(27)20(16)25)21(22(19)31-2)32-10-9-13-3-5-14(26)6-4-13/h6-11,15H,12-14H2,1-5H3,(H,31,32);3-8,12H,9-11H2,1-2H3,(H2,27,28). The molecule has 6 rings (SSSR count). The SMILES string of the molecule is COc1ccc(C(=O)Cc2c(Cl)cnc(N)c2Cl)c(OCCc2ccc(F)cc2)c1OC.COc1ccc(C(=O)Cc2c(Cl)cnc(NC(C)(C)C)c2Cl)c(OCCc2ccc(F)cc2)c1OC. The molecule has 2 aromatic heterocycles. The van der Waals surface area contributed by atoms with Crippen molar-refractivity contribution in [1.29, 1.82) is 0 Å². The number of benzene rings is 4. The normalized spacial score (nSPS) is 11.0. The third-order valence-corrected chi connectivity index (χ3v) is 11.5. The summed E-state index contributed by atoms with van der Waals surface area (Å²) in [5.41, 5.74) is 8.62. The smallest absolute Gasteiger partial charge is 0.204 e. The van der Waals surface area contributed by atoms with Crippen molar-refractivity contribution in [2.75, 3.05) is 52.7 Å². The Morgan fingerprint density at radius 3 is 1.40 bits per heavy atom. The summed E-state index contributed by atoms with van der Waals surface area (Å²) >= 11 is 25.4. The van der Waals surface area contributed by atoms with Crippen molar-refractivity contribution in [1.82, 2.24) is 9.97 Å². The van der Waals surface area contributed by atoms with E-state index in [-0.39, 0.29) is 104 Å². The Labute approximate surface area is 413 Å². The van der Waals surface area contributed by atoms with E-state index >= 15 is 0 Å². The number of carbonyl (C=O) groups is 2. The summed E-state index contributed by atoms with van der Waals surface area (Å²) in [4.78, 5) is 34.8. The number of aromatic nitrogens is 2. The number of anilines is 2. The van der Waals surface area contributed by atoms with Crippen LogP contribution < -0.4 is 39.5 Å². The number of nitrogens with zero attached hydrogens (tertiary/aromatic N) is 2. The first-order valence-electron chi connectivity index (χ1n) is 20.9. The van der Waals surface area contributed by atoms with E-state index in [1.165, 1.54) is 65.1 Å². The fraction of sp³-hybridized carbons (Fsp3) is 0.280. The van der Waals surface area contributed by atoms with E-state index in [0.29, 0.717) is 52.6 Å². The van der Waals surface area contributed by atoms with Gasteiger partial charge in [0.2, 0.25) is 11.5 Å². The Kier molecular flexibility index (Phi) is 18.9. The van der Waals surface area contributed by atoms with Crippen molar-refractivity contribution in [3.63, 3.8) is 0 Å². The number of carbonyl (C=O) groups excluding carboxylic acids is 2. The molecule has 4 aromatic carbocycles. The second kappa shape index (κ2) is 24.3. The number of hydrogen-bond donors (Lipinski definition) is 2. The minimum atomic E-state index is -0.314. The number of ketones is 2. The van der Waals surface area contributed by atoms with Gasteiger partial charge in [-0.3, -0.25) is 9.59 Å². The van der Waals surface area contributed by atoms with E-state index in [2.05, 4.69) is 15.3 Å². The third kappa shape index (κ3) is 13.8. The van der Waals surface area contributed by atoms with Crippen LogP contribution in [0.5, 0.6) is 34.5 Å². The molecule has 360 valence electrons. The van der Waals surface area contributed by atoms with Crippen molar-refractivity contribution < 1.29 is 46.8 Å². The topological polar surface area (TPSA) is 153 Å². The molecule has 0 unspecified atom stereocenters. The number of nitrogens with two attached hydrogens (primary N) is 1. The molecule has 2 heterocycles. The molecule has 0 aliphatic heterocycles. The average molecular weight is 1010 g/mol. The van der Waals surface area contributed by atoms with Crippen LogP contribution in [-0.2, 0) is 25.7 Å². The maximum absolute atomic E-state index is 13.5. The van der Waals surface area contributed by atoms with Crippen LogP contribution in [-0.4, -0.2) is 68.7 Å². The van der Waals surface area contributed by atoms with Gasteiger partial charge in [-0.05, 0) is 80.4 Å². The van der Waals surface area contributed by atoms with Crippen LogP contribution >= 0.6 is 46.4 Å². The summed E-state index contributed by atoms with van der Waals surface area (Å²) in [5.74, 6) is 1.21. The van der Waals surface area contributed by atoms with Crippen LogP contribution in [0.3, 0.4) is 0 Å². The maximum atomic E-state index is 13.5. The van der Waals surface area contributed by atoms with Crippen molar-refractivity contribution in [3.05, 3.63) is 150 Å². The molecule has 0 atom stereocenters. The first-order chi connectivity index (χ1) is 32.4. The van der Waals surface area contributed by atoms with Crippen molar-refractivity contribution in [2.24, 2.45) is 0 Å². The summed E-state index contributed by atoms with van der Waals surface area (Å²) < 4.78 is 60.0. The van der Waals surface area contributed by atoms with Crippen molar-refractivity contribution in [3.8, 4) is 34.5 Å². The van der Waals surface area contributed by atoms with Crippen LogP contribution in [0.2, 0.25) is 20.1 Å². The molecule has 0 fully saturated rings. The highest BCUT2D eigenvalue weighted by Crippen LogP contribution is 2.43. The number of rotatable bonds is 19. The summed E-state index contributed by atoms with van der Waals surface area (Å²) in [6, 6.07) is 18.7. The average Bonchev–Trinajstić information content (AvgIpc) is 3.31. The lowest BCUT2D eigenvalue weighted by atomic mass is 10.0. The van der Waals surface area contributed by atoms with Crippen LogP contribution in [0.25, 0.3) is 0 Å². The quantitative estimate of drug-likeness (QED) is 0.0743. The van der Waals surface area contributed by atoms with Crippen molar-refractivity contribution >= 4 is 69.6 Å². The second-order valence-corrected chi connectivity index (χ2v) is 17.5. The lowest BCUT2D eigenvalue weighted by Gasteiger charge is -2.23. The largest absolute Gasteiger partial charge is 0.493 e.